The number of aliphatic hydroxyl groups excluding tert-OH is 1. The van der Waals surface area contributed by atoms with Gasteiger partial charge in [0, 0.05) is 38.4 Å². The van der Waals surface area contributed by atoms with E-state index in [1.807, 2.05) is 12.1 Å². The van der Waals surface area contributed by atoms with Gasteiger partial charge in [-0.1, -0.05) is 6.07 Å². The summed E-state index contributed by atoms with van der Waals surface area (Å²) >= 11 is 0. The molecule has 3 rings (SSSR count). The molecule has 0 bridgehead atoms. The van der Waals surface area contributed by atoms with Gasteiger partial charge in [-0.2, -0.15) is 0 Å². The molecule has 1 unspecified atom stereocenters. The van der Waals surface area contributed by atoms with Gasteiger partial charge in [0.15, 0.2) is 0 Å². The van der Waals surface area contributed by atoms with Gasteiger partial charge in [0.25, 0.3) is 0 Å². The van der Waals surface area contributed by atoms with Gasteiger partial charge in [-0.15, -0.1) is 0 Å². The van der Waals surface area contributed by atoms with E-state index >= 15 is 0 Å². The van der Waals surface area contributed by atoms with Gasteiger partial charge in [-0.05, 0) is 31.4 Å². The molecule has 1 aliphatic heterocycles. The lowest BCUT2D eigenvalue weighted by molar-refractivity contribution is 0.199. The Labute approximate surface area is 108 Å². The highest BCUT2D eigenvalue weighted by Crippen LogP contribution is 2.28. The number of hydrogen-bond acceptors (Lipinski definition) is 4. The fourth-order valence-electron chi connectivity index (χ4n) is 2.59. The second kappa shape index (κ2) is 4.86. The predicted molar refractivity (Wildman–Crippen MR) is 71.7 cm³/mol. The zero-order valence-electron chi connectivity index (χ0n) is 10.9. The SMILES string of the molecule is CC(O)c1ccc(N2CCN(C3CC3)CC2)nc1. The molecule has 1 aromatic rings. The molecule has 2 heterocycles. The first-order valence-electron chi connectivity index (χ1n) is 6.87. The van der Waals surface area contributed by atoms with E-state index in [2.05, 4.69) is 14.8 Å². The summed E-state index contributed by atoms with van der Waals surface area (Å²) < 4.78 is 0. The van der Waals surface area contributed by atoms with Crippen molar-refractivity contribution in [1.29, 1.82) is 0 Å². The van der Waals surface area contributed by atoms with E-state index < -0.39 is 6.10 Å². The first kappa shape index (κ1) is 11.9. The van der Waals surface area contributed by atoms with Crippen LogP contribution in [0.3, 0.4) is 0 Å². The molecule has 98 valence electrons. The van der Waals surface area contributed by atoms with Crippen LogP contribution in [0.15, 0.2) is 18.3 Å². The van der Waals surface area contributed by atoms with Crippen molar-refractivity contribution in [2.75, 3.05) is 31.1 Å². The summed E-state index contributed by atoms with van der Waals surface area (Å²) in [6.07, 6.45) is 4.13. The van der Waals surface area contributed by atoms with Crippen LogP contribution in [0.4, 0.5) is 5.82 Å². The molecule has 1 atom stereocenters. The van der Waals surface area contributed by atoms with Gasteiger partial charge in [0.2, 0.25) is 0 Å². The lowest BCUT2D eigenvalue weighted by Crippen LogP contribution is -2.47. The Morgan fingerprint density at radius 1 is 1.22 bits per heavy atom. The molecule has 0 amide bonds. The molecule has 1 aromatic heterocycles. The third kappa shape index (κ3) is 2.49. The molecule has 1 aliphatic carbocycles. The largest absolute Gasteiger partial charge is 0.389 e. The standard InChI is InChI=1S/C14H21N3O/c1-11(18)12-2-5-14(15-10-12)17-8-6-16(7-9-17)13-3-4-13/h2,5,10-11,13,18H,3-4,6-9H2,1H3. The second-order valence-corrected chi connectivity index (χ2v) is 5.38. The lowest BCUT2D eigenvalue weighted by atomic mass is 10.2. The molecule has 18 heavy (non-hydrogen) atoms. The molecular formula is C14H21N3O. The molecule has 2 aliphatic rings. The maximum atomic E-state index is 9.47. The highest BCUT2D eigenvalue weighted by atomic mass is 16.3. The number of aromatic nitrogens is 1. The molecule has 2 fully saturated rings. The number of anilines is 1. The maximum Gasteiger partial charge on any atom is 0.128 e. The molecular weight excluding hydrogens is 226 g/mol. The quantitative estimate of drug-likeness (QED) is 0.877. The van der Waals surface area contributed by atoms with Gasteiger partial charge in [-0.25, -0.2) is 4.98 Å². The average molecular weight is 247 g/mol. The lowest BCUT2D eigenvalue weighted by Gasteiger charge is -2.35. The molecule has 0 spiro atoms. The van der Waals surface area contributed by atoms with Crippen LogP contribution in [0.5, 0.6) is 0 Å². The minimum absolute atomic E-state index is 0.432. The average Bonchev–Trinajstić information content (AvgIpc) is 3.23. The van der Waals surface area contributed by atoms with Crippen LogP contribution in [-0.4, -0.2) is 47.2 Å². The number of nitrogens with zero attached hydrogens (tertiary/aromatic N) is 3. The van der Waals surface area contributed by atoms with E-state index in [0.717, 1.165) is 43.6 Å². The number of rotatable bonds is 3. The third-order valence-corrected chi connectivity index (χ3v) is 3.95. The van der Waals surface area contributed by atoms with Crippen molar-refractivity contribution in [3.05, 3.63) is 23.9 Å². The van der Waals surface area contributed by atoms with Crippen molar-refractivity contribution in [2.24, 2.45) is 0 Å². The Morgan fingerprint density at radius 2 is 1.94 bits per heavy atom. The van der Waals surface area contributed by atoms with Crippen LogP contribution < -0.4 is 4.90 Å². The maximum absolute atomic E-state index is 9.47. The fourth-order valence-corrected chi connectivity index (χ4v) is 2.59. The molecule has 0 radical (unpaired) electrons. The first-order chi connectivity index (χ1) is 8.74. The van der Waals surface area contributed by atoms with Crippen molar-refractivity contribution in [2.45, 2.75) is 31.9 Å². The Hall–Kier alpha value is -1.13. The Bertz CT molecular complexity index is 392. The molecule has 4 heteroatoms. The van der Waals surface area contributed by atoms with Crippen molar-refractivity contribution in [1.82, 2.24) is 9.88 Å². The summed E-state index contributed by atoms with van der Waals surface area (Å²) in [6, 6.07) is 4.87. The summed E-state index contributed by atoms with van der Waals surface area (Å²) in [5.74, 6) is 1.04. The molecule has 4 nitrogen and oxygen atoms in total. The summed E-state index contributed by atoms with van der Waals surface area (Å²) in [6.45, 7) is 6.22. The molecule has 1 saturated heterocycles. The monoisotopic (exact) mass is 247 g/mol. The van der Waals surface area contributed by atoms with Crippen LogP contribution in [-0.2, 0) is 0 Å². The summed E-state index contributed by atoms with van der Waals surface area (Å²) in [5.41, 5.74) is 0.885. The van der Waals surface area contributed by atoms with Crippen LogP contribution in [0.2, 0.25) is 0 Å². The minimum atomic E-state index is -0.432. The Kier molecular flexibility index (Phi) is 3.22. The minimum Gasteiger partial charge on any atom is -0.389 e. The van der Waals surface area contributed by atoms with E-state index in [4.69, 9.17) is 0 Å². The predicted octanol–water partition coefficient (Wildman–Crippen LogP) is 1.42. The van der Waals surface area contributed by atoms with Crippen LogP contribution in [0.1, 0.15) is 31.4 Å². The number of piperazine rings is 1. The van der Waals surface area contributed by atoms with Crippen molar-refractivity contribution >= 4 is 5.82 Å². The smallest absolute Gasteiger partial charge is 0.128 e. The zero-order chi connectivity index (χ0) is 12.5. The number of pyridine rings is 1. The van der Waals surface area contributed by atoms with E-state index in [1.54, 1.807) is 13.1 Å². The van der Waals surface area contributed by atoms with Gasteiger partial charge >= 0.3 is 0 Å². The Morgan fingerprint density at radius 3 is 2.44 bits per heavy atom. The van der Waals surface area contributed by atoms with Crippen LogP contribution in [0, 0.1) is 0 Å². The van der Waals surface area contributed by atoms with Crippen LogP contribution in [0.25, 0.3) is 0 Å². The van der Waals surface area contributed by atoms with E-state index in [9.17, 15) is 5.11 Å². The van der Waals surface area contributed by atoms with E-state index in [0.29, 0.717) is 0 Å². The van der Waals surface area contributed by atoms with E-state index in [-0.39, 0.29) is 0 Å². The van der Waals surface area contributed by atoms with Gasteiger partial charge < -0.3 is 10.0 Å². The third-order valence-electron chi connectivity index (χ3n) is 3.95. The number of aliphatic hydroxyl groups is 1. The van der Waals surface area contributed by atoms with Crippen molar-refractivity contribution < 1.29 is 5.11 Å². The summed E-state index contributed by atoms with van der Waals surface area (Å²) in [5, 5.41) is 9.47. The van der Waals surface area contributed by atoms with E-state index in [1.165, 1.54) is 12.8 Å². The fraction of sp³-hybridized carbons (Fsp3) is 0.643. The van der Waals surface area contributed by atoms with Crippen LogP contribution >= 0.6 is 0 Å². The van der Waals surface area contributed by atoms with Gasteiger partial charge in [0.05, 0.1) is 6.10 Å². The second-order valence-electron chi connectivity index (χ2n) is 5.38. The first-order valence-corrected chi connectivity index (χ1v) is 6.87. The molecule has 1 saturated carbocycles. The van der Waals surface area contributed by atoms with Gasteiger partial charge in [-0.3, -0.25) is 4.90 Å². The summed E-state index contributed by atoms with van der Waals surface area (Å²) in [7, 11) is 0. The van der Waals surface area contributed by atoms with Crippen molar-refractivity contribution in [3.8, 4) is 0 Å². The Balaban J connectivity index is 1.61. The molecule has 1 N–H and O–H groups in total. The molecule has 0 aromatic carbocycles. The highest BCUT2D eigenvalue weighted by molar-refractivity contribution is 5.40. The zero-order valence-corrected chi connectivity index (χ0v) is 10.9. The normalized spacial score (nSPS) is 23.1. The summed E-state index contributed by atoms with van der Waals surface area (Å²) in [4.78, 5) is 9.39. The van der Waals surface area contributed by atoms with Gasteiger partial charge in [0.1, 0.15) is 5.82 Å². The topological polar surface area (TPSA) is 39.6 Å². The van der Waals surface area contributed by atoms with Crippen molar-refractivity contribution in [3.63, 3.8) is 0 Å². The number of hydrogen-bond donors (Lipinski definition) is 1. The highest BCUT2D eigenvalue weighted by Gasteiger charge is 2.31.